The van der Waals surface area contributed by atoms with E-state index in [4.69, 9.17) is 4.74 Å². The van der Waals surface area contributed by atoms with E-state index in [0.29, 0.717) is 23.1 Å². The molecule has 1 unspecified atom stereocenters. The number of carbonyl (C=O) groups is 2. The Hall–Kier alpha value is -1.53. The molecule has 1 spiro atoms. The number of nitrogens with zero attached hydrogens (tertiary/aromatic N) is 2. The lowest BCUT2D eigenvalue weighted by molar-refractivity contribution is -0.152. The first-order valence-corrected chi connectivity index (χ1v) is 12.4. The van der Waals surface area contributed by atoms with Crippen LogP contribution in [0.5, 0.6) is 0 Å². The van der Waals surface area contributed by atoms with Gasteiger partial charge in [0.15, 0.2) is 0 Å². The van der Waals surface area contributed by atoms with Crippen molar-refractivity contribution in [2.75, 3.05) is 23.7 Å². The number of thioether (sulfide) groups is 1. The van der Waals surface area contributed by atoms with Crippen LogP contribution in [0, 0.1) is 11.8 Å². The summed E-state index contributed by atoms with van der Waals surface area (Å²) in [6.07, 6.45) is 2.04. The fourth-order valence-corrected chi connectivity index (χ4v) is 8.77. The molecule has 5 rings (SSSR count). The molecule has 0 radical (unpaired) electrons. The van der Waals surface area contributed by atoms with Crippen LogP contribution >= 0.6 is 11.8 Å². The van der Waals surface area contributed by atoms with Crippen molar-refractivity contribution in [1.82, 2.24) is 4.90 Å². The van der Waals surface area contributed by atoms with E-state index in [2.05, 4.69) is 59.7 Å². The highest BCUT2D eigenvalue weighted by Crippen LogP contribution is 2.63. The van der Waals surface area contributed by atoms with Crippen molar-refractivity contribution in [1.29, 1.82) is 0 Å². The maximum atomic E-state index is 12.9. The van der Waals surface area contributed by atoms with Crippen molar-refractivity contribution < 1.29 is 14.3 Å². The maximum Gasteiger partial charge on any atom is 0.302 e. The molecule has 1 aromatic rings. The fourth-order valence-electron chi connectivity index (χ4n) is 7.36. The highest BCUT2D eigenvalue weighted by Gasteiger charge is 2.69. The number of amides is 1. The number of piperidine rings is 1. The van der Waals surface area contributed by atoms with Gasteiger partial charge in [0.1, 0.15) is 6.10 Å². The molecule has 162 valence electrons. The topological polar surface area (TPSA) is 49.9 Å². The number of fused-ring (bicyclic) bond motifs is 2. The van der Waals surface area contributed by atoms with Crippen LogP contribution in [0.2, 0.25) is 0 Å². The van der Waals surface area contributed by atoms with Crippen LogP contribution in [0.1, 0.15) is 46.1 Å². The summed E-state index contributed by atoms with van der Waals surface area (Å²) in [7, 11) is 0. The number of benzene rings is 1. The van der Waals surface area contributed by atoms with Gasteiger partial charge in [0.05, 0.1) is 0 Å². The molecule has 3 aliphatic heterocycles. The van der Waals surface area contributed by atoms with Crippen molar-refractivity contribution in [3.05, 3.63) is 29.8 Å². The molecule has 0 aromatic heterocycles. The van der Waals surface area contributed by atoms with Crippen LogP contribution in [0.25, 0.3) is 0 Å². The molecule has 2 saturated heterocycles. The Bertz CT molecular complexity index is 876. The predicted octanol–water partition coefficient (Wildman–Crippen LogP) is 3.46. The lowest BCUT2D eigenvalue weighted by Crippen LogP contribution is -2.64. The van der Waals surface area contributed by atoms with Crippen molar-refractivity contribution >= 4 is 29.3 Å². The highest BCUT2D eigenvalue weighted by molar-refractivity contribution is 8.00. The minimum atomic E-state index is -0.200. The van der Waals surface area contributed by atoms with Crippen molar-refractivity contribution in [3.63, 3.8) is 0 Å². The number of rotatable bonds is 4. The second kappa shape index (κ2) is 7.27. The molecule has 4 aliphatic rings. The van der Waals surface area contributed by atoms with Crippen LogP contribution in [0.4, 0.5) is 5.69 Å². The van der Waals surface area contributed by atoms with E-state index in [-0.39, 0.29) is 29.4 Å². The molecule has 1 aliphatic carbocycles. The molecule has 1 aromatic carbocycles. The molecule has 2 bridgehead atoms. The summed E-state index contributed by atoms with van der Waals surface area (Å²) in [5.74, 6) is 1.83. The molecule has 3 fully saturated rings. The van der Waals surface area contributed by atoms with Gasteiger partial charge in [0.25, 0.3) is 0 Å². The van der Waals surface area contributed by atoms with Gasteiger partial charge in [-0.2, -0.15) is 11.8 Å². The zero-order valence-electron chi connectivity index (χ0n) is 18.3. The van der Waals surface area contributed by atoms with E-state index in [0.717, 1.165) is 37.4 Å². The minimum absolute atomic E-state index is 0.00901. The Kier molecular flexibility index (Phi) is 4.93. The molecule has 1 amide bonds. The summed E-state index contributed by atoms with van der Waals surface area (Å²) in [6.45, 7) is 9.55. The predicted molar refractivity (Wildman–Crippen MR) is 120 cm³/mol. The Morgan fingerprint density at radius 1 is 1.20 bits per heavy atom. The van der Waals surface area contributed by atoms with Gasteiger partial charge in [-0.3, -0.25) is 14.5 Å². The zero-order chi connectivity index (χ0) is 21.2. The van der Waals surface area contributed by atoms with Gasteiger partial charge in [-0.1, -0.05) is 25.1 Å². The van der Waals surface area contributed by atoms with E-state index >= 15 is 0 Å². The van der Waals surface area contributed by atoms with E-state index in [1.54, 1.807) is 6.92 Å². The molecule has 1 saturated carbocycles. The molecule has 0 N–H and O–H groups in total. The van der Waals surface area contributed by atoms with Gasteiger partial charge in [-0.15, -0.1) is 0 Å². The number of esters is 1. The lowest BCUT2D eigenvalue weighted by Gasteiger charge is -2.55. The molecule has 6 heteroatoms. The quantitative estimate of drug-likeness (QED) is 0.688. The van der Waals surface area contributed by atoms with E-state index in [9.17, 15) is 9.59 Å². The average molecular weight is 429 g/mol. The number of anilines is 1. The van der Waals surface area contributed by atoms with Crippen LogP contribution in [-0.4, -0.2) is 59.1 Å². The molecular weight excluding hydrogens is 396 g/mol. The van der Waals surface area contributed by atoms with Gasteiger partial charge in [-0.05, 0) is 43.1 Å². The summed E-state index contributed by atoms with van der Waals surface area (Å²) >= 11 is 2.06. The summed E-state index contributed by atoms with van der Waals surface area (Å²) in [4.78, 5) is 29.3. The minimum Gasteiger partial charge on any atom is -0.463 e. The first kappa shape index (κ1) is 20.4. The molecule has 30 heavy (non-hydrogen) atoms. The second-order valence-corrected chi connectivity index (χ2v) is 11.0. The third kappa shape index (κ3) is 2.65. The van der Waals surface area contributed by atoms with Crippen LogP contribution < -0.4 is 4.90 Å². The number of hydrogen-bond donors (Lipinski definition) is 0. The van der Waals surface area contributed by atoms with Gasteiger partial charge < -0.3 is 9.64 Å². The number of ether oxygens (including phenoxy) is 1. The van der Waals surface area contributed by atoms with Gasteiger partial charge in [-0.25, -0.2) is 0 Å². The third-order valence-corrected chi connectivity index (χ3v) is 9.46. The summed E-state index contributed by atoms with van der Waals surface area (Å²) in [6, 6.07) is 9.28. The second-order valence-electron chi connectivity index (χ2n) is 9.48. The molecule has 7 atom stereocenters. The van der Waals surface area contributed by atoms with Crippen molar-refractivity contribution in [2.45, 2.75) is 69.4 Å². The average Bonchev–Trinajstić information content (AvgIpc) is 3.19. The van der Waals surface area contributed by atoms with Crippen LogP contribution in [-0.2, 0) is 19.7 Å². The number of hydrogen-bond acceptors (Lipinski definition) is 5. The largest absolute Gasteiger partial charge is 0.463 e. The Morgan fingerprint density at radius 3 is 2.63 bits per heavy atom. The normalized spacial score (nSPS) is 37.5. The van der Waals surface area contributed by atoms with Crippen molar-refractivity contribution in [3.8, 4) is 0 Å². The smallest absolute Gasteiger partial charge is 0.302 e. The number of carbonyl (C=O) groups excluding carboxylic acids is 2. The molecule has 5 nitrogen and oxygen atoms in total. The SMILES string of the molecule is CCSC1CN2C[C@@H]([C@H](C)OC(C)=O)[C@H]3C[C@@H]2[C@@]12c1ccccc1N(C(C)=O)[C@@H]2C3. The van der Waals surface area contributed by atoms with E-state index in [1.807, 2.05) is 0 Å². The maximum absolute atomic E-state index is 12.9. The first-order valence-electron chi connectivity index (χ1n) is 11.3. The Labute approximate surface area is 183 Å². The summed E-state index contributed by atoms with van der Waals surface area (Å²) < 4.78 is 5.66. The zero-order valence-corrected chi connectivity index (χ0v) is 19.2. The Morgan fingerprint density at radius 2 is 1.93 bits per heavy atom. The van der Waals surface area contributed by atoms with Gasteiger partial charge in [0, 0.05) is 61.3 Å². The first-order chi connectivity index (χ1) is 14.4. The molecule has 3 heterocycles. The molecular formula is C24H32N2O3S. The van der Waals surface area contributed by atoms with E-state index in [1.165, 1.54) is 12.5 Å². The monoisotopic (exact) mass is 428 g/mol. The standard InChI is InChI=1S/C24H32N2O3S/c1-5-30-23-13-25-12-18(14(2)29-16(4)28)17-10-21(25)24(23)19-8-6-7-9-20(19)26(15(3)27)22(24)11-17/h6-9,14,17-18,21-23H,5,10-13H2,1-4H3/t14-,17-,18-,21+,22+,23?,24+/m0/s1. The van der Waals surface area contributed by atoms with Crippen LogP contribution in [0.15, 0.2) is 24.3 Å². The Balaban J connectivity index is 1.62. The van der Waals surface area contributed by atoms with Gasteiger partial charge >= 0.3 is 5.97 Å². The number of para-hydroxylation sites is 1. The lowest BCUT2D eigenvalue weighted by atomic mass is 9.58. The fraction of sp³-hybridized carbons (Fsp3) is 0.667. The highest BCUT2D eigenvalue weighted by atomic mass is 32.2. The van der Waals surface area contributed by atoms with Crippen molar-refractivity contribution in [2.24, 2.45) is 11.8 Å². The van der Waals surface area contributed by atoms with Crippen LogP contribution in [0.3, 0.4) is 0 Å². The van der Waals surface area contributed by atoms with E-state index < -0.39 is 0 Å². The third-order valence-electron chi connectivity index (χ3n) is 8.18. The summed E-state index contributed by atoms with van der Waals surface area (Å²) in [5.41, 5.74) is 2.51. The summed E-state index contributed by atoms with van der Waals surface area (Å²) in [5, 5.41) is 0.478. The van der Waals surface area contributed by atoms with Gasteiger partial charge in [0.2, 0.25) is 5.91 Å².